The Morgan fingerprint density at radius 1 is 1.33 bits per heavy atom. The normalized spacial score (nSPS) is 18.7. The summed E-state index contributed by atoms with van der Waals surface area (Å²) in [5.41, 5.74) is 0.654. The van der Waals surface area contributed by atoms with Crippen molar-refractivity contribution in [3.63, 3.8) is 0 Å². The molecule has 1 fully saturated rings. The van der Waals surface area contributed by atoms with Crippen molar-refractivity contribution in [2.24, 2.45) is 5.92 Å². The van der Waals surface area contributed by atoms with Crippen molar-refractivity contribution < 1.29 is 14.0 Å². The van der Waals surface area contributed by atoms with Crippen LogP contribution in [0.5, 0.6) is 0 Å². The number of halogens is 1. The average Bonchev–Trinajstić information content (AvgIpc) is 3.23. The van der Waals surface area contributed by atoms with Crippen LogP contribution in [0.3, 0.4) is 0 Å². The summed E-state index contributed by atoms with van der Waals surface area (Å²) < 4.78 is 5.37. The smallest absolute Gasteiger partial charge is 0.228 e. The summed E-state index contributed by atoms with van der Waals surface area (Å²) in [6.07, 6.45) is 1.78. The van der Waals surface area contributed by atoms with Crippen LogP contribution in [-0.4, -0.2) is 30.3 Å². The zero-order valence-electron chi connectivity index (χ0n) is 13.6. The van der Waals surface area contributed by atoms with E-state index in [-0.39, 0.29) is 30.2 Å². The number of hydrogen-bond acceptors (Lipinski definition) is 3. The Kier molecular flexibility index (Phi) is 4.62. The maximum atomic E-state index is 12.8. The topological polar surface area (TPSA) is 53.8 Å². The highest BCUT2D eigenvalue weighted by Gasteiger charge is 2.38. The molecule has 24 heavy (non-hydrogen) atoms. The van der Waals surface area contributed by atoms with E-state index in [0.717, 1.165) is 5.76 Å². The highest BCUT2D eigenvalue weighted by molar-refractivity contribution is 6.33. The van der Waals surface area contributed by atoms with Crippen LogP contribution in [0, 0.1) is 5.92 Å². The van der Waals surface area contributed by atoms with E-state index in [0.29, 0.717) is 17.3 Å². The van der Waals surface area contributed by atoms with Crippen LogP contribution in [0.1, 0.15) is 25.1 Å². The van der Waals surface area contributed by atoms with Crippen molar-refractivity contribution in [2.45, 2.75) is 19.4 Å². The fraction of sp³-hybridized carbons (Fsp3) is 0.333. The van der Waals surface area contributed by atoms with Crippen molar-refractivity contribution in [3.8, 4) is 0 Å². The number of nitrogens with zero attached hydrogens (tertiary/aromatic N) is 2. The number of furan rings is 1. The molecule has 3 rings (SSSR count). The quantitative estimate of drug-likeness (QED) is 0.851. The van der Waals surface area contributed by atoms with Gasteiger partial charge in [0, 0.05) is 20.0 Å². The molecule has 126 valence electrons. The second-order valence-corrected chi connectivity index (χ2v) is 6.40. The van der Waals surface area contributed by atoms with E-state index < -0.39 is 0 Å². The molecule has 1 saturated heterocycles. The summed E-state index contributed by atoms with van der Waals surface area (Å²) in [7, 11) is 1.73. The highest BCUT2D eigenvalue weighted by Crippen LogP contribution is 2.32. The molecule has 1 aliphatic rings. The Bertz CT molecular complexity index is 744. The number of benzene rings is 1. The first kappa shape index (κ1) is 16.6. The Morgan fingerprint density at radius 3 is 2.75 bits per heavy atom. The zero-order valence-corrected chi connectivity index (χ0v) is 14.4. The first-order chi connectivity index (χ1) is 11.5. The van der Waals surface area contributed by atoms with Crippen LogP contribution in [-0.2, 0) is 9.59 Å². The zero-order chi connectivity index (χ0) is 17.3. The fourth-order valence-electron chi connectivity index (χ4n) is 2.98. The molecule has 0 N–H and O–H groups in total. The van der Waals surface area contributed by atoms with Gasteiger partial charge in [0.05, 0.1) is 28.9 Å². The minimum Gasteiger partial charge on any atom is -0.467 e. The lowest BCUT2D eigenvalue weighted by molar-refractivity contribution is -0.136. The number of para-hydroxylation sites is 1. The predicted octanol–water partition coefficient (Wildman–Crippen LogP) is 3.51. The van der Waals surface area contributed by atoms with Gasteiger partial charge in [-0.2, -0.15) is 0 Å². The highest BCUT2D eigenvalue weighted by atomic mass is 35.5. The third kappa shape index (κ3) is 3.04. The minimum atomic E-state index is -0.379. The van der Waals surface area contributed by atoms with Gasteiger partial charge in [0.1, 0.15) is 5.76 Å². The number of rotatable bonds is 4. The molecule has 1 aromatic heterocycles. The van der Waals surface area contributed by atoms with Gasteiger partial charge >= 0.3 is 0 Å². The summed E-state index contributed by atoms with van der Waals surface area (Å²) in [6, 6.07) is 10.6. The molecule has 1 aromatic carbocycles. The average molecular weight is 347 g/mol. The maximum absolute atomic E-state index is 12.8. The first-order valence-corrected chi connectivity index (χ1v) is 8.21. The molecule has 0 aliphatic carbocycles. The van der Waals surface area contributed by atoms with Crippen molar-refractivity contribution in [1.82, 2.24) is 4.90 Å². The lowest BCUT2D eigenvalue weighted by Gasteiger charge is -2.26. The minimum absolute atomic E-state index is 0.0678. The van der Waals surface area contributed by atoms with E-state index >= 15 is 0 Å². The Morgan fingerprint density at radius 2 is 2.08 bits per heavy atom. The van der Waals surface area contributed by atoms with Gasteiger partial charge in [-0.05, 0) is 31.2 Å². The third-order valence-electron chi connectivity index (χ3n) is 4.50. The Hall–Kier alpha value is -2.27. The van der Waals surface area contributed by atoms with E-state index in [4.69, 9.17) is 16.0 Å². The van der Waals surface area contributed by atoms with Gasteiger partial charge in [-0.1, -0.05) is 23.7 Å². The van der Waals surface area contributed by atoms with Crippen molar-refractivity contribution in [2.75, 3.05) is 18.5 Å². The summed E-state index contributed by atoms with van der Waals surface area (Å²) in [4.78, 5) is 28.3. The maximum Gasteiger partial charge on any atom is 0.228 e. The SMILES string of the molecule is CC(c1ccco1)N(C)C(=O)C1CC(=O)N(c2ccccc2Cl)C1. The van der Waals surface area contributed by atoms with Crippen molar-refractivity contribution in [1.29, 1.82) is 0 Å². The van der Waals surface area contributed by atoms with Crippen molar-refractivity contribution in [3.05, 3.63) is 53.4 Å². The number of hydrogen-bond donors (Lipinski definition) is 0. The lowest BCUT2D eigenvalue weighted by atomic mass is 10.1. The molecule has 2 atom stereocenters. The Balaban J connectivity index is 1.73. The van der Waals surface area contributed by atoms with Crippen LogP contribution in [0.4, 0.5) is 5.69 Å². The van der Waals surface area contributed by atoms with Gasteiger partial charge in [0.2, 0.25) is 11.8 Å². The summed E-state index contributed by atoms with van der Waals surface area (Å²) >= 11 is 6.18. The first-order valence-electron chi connectivity index (χ1n) is 7.84. The molecule has 2 unspecified atom stereocenters. The molecule has 0 saturated carbocycles. The molecule has 2 heterocycles. The van der Waals surface area contributed by atoms with Gasteiger partial charge in [-0.3, -0.25) is 9.59 Å². The van der Waals surface area contributed by atoms with E-state index in [1.54, 1.807) is 41.3 Å². The monoisotopic (exact) mass is 346 g/mol. The van der Waals surface area contributed by atoms with Gasteiger partial charge in [-0.15, -0.1) is 0 Å². The largest absolute Gasteiger partial charge is 0.467 e. The predicted molar refractivity (Wildman–Crippen MR) is 91.8 cm³/mol. The van der Waals surface area contributed by atoms with Crippen LogP contribution >= 0.6 is 11.6 Å². The van der Waals surface area contributed by atoms with E-state index in [2.05, 4.69) is 0 Å². The third-order valence-corrected chi connectivity index (χ3v) is 4.82. The summed E-state index contributed by atoms with van der Waals surface area (Å²) in [5, 5.41) is 0.510. The van der Waals surface area contributed by atoms with Gasteiger partial charge < -0.3 is 14.2 Å². The molecule has 1 aliphatic heterocycles. The molecule has 0 spiro atoms. The summed E-state index contributed by atoms with van der Waals surface area (Å²) in [5.74, 6) is 0.191. The lowest BCUT2D eigenvalue weighted by Crippen LogP contribution is -2.36. The second-order valence-electron chi connectivity index (χ2n) is 6.00. The molecule has 5 nitrogen and oxygen atoms in total. The number of amides is 2. The molecule has 2 amide bonds. The van der Waals surface area contributed by atoms with E-state index in [1.807, 2.05) is 25.1 Å². The van der Waals surface area contributed by atoms with E-state index in [9.17, 15) is 9.59 Å². The fourth-order valence-corrected chi connectivity index (χ4v) is 3.21. The summed E-state index contributed by atoms with van der Waals surface area (Å²) in [6.45, 7) is 2.25. The van der Waals surface area contributed by atoms with Crippen LogP contribution in [0.2, 0.25) is 5.02 Å². The molecular weight excluding hydrogens is 328 g/mol. The van der Waals surface area contributed by atoms with E-state index in [1.165, 1.54) is 0 Å². The van der Waals surface area contributed by atoms with Gasteiger partial charge in [-0.25, -0.2) is 0 Å². The van der Waals surface area contributed by atoms with Gasteiger partial charge in [0.15, 0.2) is 0 Å². The van der Waals surface area contributed by atoms with Crippen LogP contribution in [0.15, 0.2) is 47.1 Å². The number of carbonyl (C=O) groups is 2. The molecule has 0 bridgehead atoms. The van der Waals surface area contributed by atoms with Gasteiger partial charge in [0.25, 0.3) is 0 Å². The van der Waals surface area contributed by atoms with Crippen molar-refractivity contribution >= 4 is 29.1 Å². The molecular formula is C18H19ClN2O3. The number of anilines is 1. The Labute approximate surface area is 145 Å². The molecule has 0 radical (unpaired) electrons. The molecule has 6 heteroatoms. The van der Waals surface area contributed by atoms with Crippen LogP contribution in [0.25, 0.3) is 0 Å². The van der Waals surface area contributed by atoms with Crippen LogP contribution < -0.4 is 4.90 Å². The standard InChI is InChI=1S/C18H19ClN2O3/c1-12(16-8-5-9-24-16)20(2)18(23)13-10-17(22)21(11-13)15-7-4-3-6-14(15)19/h3-9,12-13H,10-11H2,1-2H3. The molecule has 2 aromatic rings. The number of carbonyl (C=O) groups excluding carboxylic acids is 2. The second kappa shape index (κ2) is 6.69.